The molecule has 1 N–H and O–H groups in total. The molecule has 1 amide bonds. The zero-order valence-electron chi connectivity index (χ0n) is 14.7. The van der Waals surface area contributed by atoms with E-state index in [1.807, 2.05) is 25.1 Å². The maximum Gasteiger partial charge on any atom is 0.271 e. The molecule has 134 valence electrons. The van der Waals surface area contributed by atoms with Gasteiger partial charge in [-0.3, -0.25) is 4.79 Å². The molecule has 6 heteroatoms. The monoisotopic (exact) mass is 361 g/mol. The van der Waals surface area contributed by atoms with Gasteiger partial charge in [0.2, 0.25) is 5.88 Å². The van der Waals surface area contributed by atoms with E-state index in [1.54, 1.807) is 12.1 Å². The average Bonchev–Trinajstić information content (AvgIpc) is 2.64. The summed E-state index contributed by atoms with van der Waals surface area (Å²) in [5, 5.41) is 3.19. The predicted octanol–water partition coefficient (Wildman–Crippen LogP) is 3.78. The Morgan fingerprint density at radius 1 is 1.20 bits per heavy atom. The molecule has 1 aromatic heterocycles. The Morgan fingerprint density at radius 3 is 2.64 bits per heavy atom. The number of aromatic nitrogens is 1. The van der Waals surface area contributed by atoms with Crippen LogP contribution in [0.1, 0.15) is 30.8 Å². The first-order valence-corrected chi connectivity index (χ1v) is 8.91. The molecule has 0 spiro atoms. The van der Waals surface area contributed by atoms with Crippen molar-refractivity contribution >= 4 is 23.2 Å². The lowest BCUT2D eigenvalue weighted by atomic mass is 10.2. The number of rotatable bonds is 9. The summed E-state index contributed by atoms with van der Waals surface area (Å²) in [6.07, 6.45) is 0.831. The van der Waals surface area contributed by atoms with Crippen LogP contribution in [0.2, 0.25) is 5.02 Å². The van der Waals surface area contributed by atoms with Gasteiger partial charge in [-0.2, -0.15) is 0 Å². The quantitative estimate of drug-likeness (QED) is 0.690. The van der Waals surface area contributed by atoms with E-state index in [4.69, 9.17) is 16.3 Å². The maximum atomic E-state index is 12.3. The molecule has 0 aliphatic carbocycles. The number of carbonyl (C=O) groups is 1. The van der Waals surface area contributed by atoms with Crippen LogP contribution in [0.3, 0.4) is 0 Å². The van der Waals surface area contributed by atoms with Gasteiger partial charge in [-0.1, -0.05) is 29.8 Å². The van der Waals surface area contributed by atoms with E-state index in [0.29, 0.717) is 24.1 Å². The highest BCUT2D eigenvalue weighted by molar-refractivity contribution is 6.33. The lowest BCUT2D eigenvalue weighted by Gasteiger charge is -2.23. The molecule has 0 bridgehead atoms. The number of benzene rings is 1. The zero-order chi connectivity index (χ0) is 18.1. The Labute approximate surface area is 154 Å². The molecule has 0 radical (unpaired) electrons. The largest absolute Gasteiger partial charge is 0.478 e. The van der Waals surface area contributed by atoms with Gasteiger partial charge in [-0.05, 0) is 38.5 Å². The van der Waals surface area contributed by atoms with Crippen LogP contribution in [0.5, 0.6) is 5.88 Å². The topological polar surface area (TPSA) is 54.5 Å². The molecule has 2 aromatic rings. The van der Waals surface area contributed by atoms with Crippen molar-refractivity contribution in [2.45, 2.75) is 20.3 Å². The lowest BCUT2D eigenvalue weighted by molar-refractivity contribution is 0.0947. The number of para-hydroxylation sites is 1. The second-order valence-electron chi connectivity index (χ2n) is 5.44. The number of amides is 1. The molecule has 0 aliphatic rings. The average molecular weight is 362 g/mol. The van der Waals surface area contributed by atoms with Crippen molar-refractivity contribution < 1.29 is 9.53 Å². The molecule has 0 aliphatic heterocycles. The molecule has 25 heavy (non-hydrogen) atoms. The summed E-state index contributed by atoms with van der Waals surface area (Å²) in [5.41, 5.74) is 1.38. The summed E-state index contributed by atoms with van der Waals surface area (Å²) in [5.74, 6) is 0.118. The summed E-state index contributed by atoms with van der Waals surface area (Å²) in [7, 11) is 0. The van der Waals surface area contributed by atoms with E-state index in [1.165, 1.54) is 5.69 Å². The van der Waals surface area contributed by atoms with Gasteiger partial charge in [0, 0.05) is 31.4 Å². The first-order chi connectivity index (χ1) is 12.2. The molecule has 0 saturated carbocycles. The summed E-state index contributed by atoms with van der Waals surface area (Å²) in [4.78, 5) is 18.7. The molecule has 5 nitrogen and oxygen atoms in total. The van der Waals surface area contributed by atoms with Crippen LogP contribution in [0.15, 0.2) is 42.5 Å². The van der Waals surface area contributed by atoms with E-state index >= 15 is 0 Å². The first kappa shape index (κ1) is 19.1. The third-order valence-corrected chi connectivity index (χ3v) is 4.03. The van der Waals surface area contributed by atoms with E-state index < -0.39 is 0 Å². The molecular formula is C19H24ClN3O2. The third-order valence-electron chi connectivity index (χ3n) is 3.72. The Kier molecular flexibility index (Phi) is 7.54. The number of hydrogen-bond donors (Lipinski definition) is 1. The summed E-state index contributed by atoms with van der Waals surface area (Å²) in [6.45, 7) is 6.81. The van der Waals surface area contributed by atoms with Crippen molar-refractivity contribution in [1.29, 1.82) is 0 Å². The number of carbonyl (C=O) groups excluding carboxylic acids is 1. The van der Waals surface area contributed by atoms with Crippen LogP contribution in [0.4, 0.5) is 5.69 Å². The molecule has 0 atom stereocenters. The molecule has 2 rings (SSSR count). The lowest BCUT2D eigenvalue weighted by Crippen LogP contribution is -2.30. The normalized spacial score (nSPS) is 10.4. The van der Waals surface area contributed by atoms with Crippen LogP contribution in [0.25, 0.3) is 0 Å². The highest BCUT2D eigenvalue weighted by atomic mass is 35.5. The second kappa shape index (κ2) is 9.89. The van der Waals surface area contributed by atoms with Gasteiger partial charge in [-0.25, -0.2) is 4.98 Å². The van der Waals surface area contributed by atoms with E-state index in [0.717, 1.165) is 19.5 Å². The van der Waals surface area contributed by atoms with Crippen LogP contribution < -0.4 is 15.0 Å². The molecular weight excluding hydrogens is 338 g/mol. The van der Waals surface area contributed by atoms with Gasteiger partial charge in [0.1, 0.15) is 0 Å². The van der Waals surface area contributed by atoms with Crippen LogP contribution >= 0.6 is 11.6 Å². The van der Waals surface area contributed by atoms with Gasteiger partial charge in [0.05, 0.1) is 11.6 Å². The number of anilines is 1. The number of pyridine rings is 1. The minimum absolute atomic E-state index is 0.197. The van der Waals surface area contributed by atoms with Crippen molar-refractivity contribution in [3.8, 4) is 5.88 Å². The zero-order valence-corrected chi connectivity index (χ0v) is 15.4. The van der Waals surface area contributed by atoms with Crippen LogP contribution in [-0.2, 0) is 0 Å². The maximum absolute atomic E-state index is 12.3. The van der Waals surface area contributed by atoms with E-state index in [-0.39, 0.29) is 11.6 Å². The van der Waals surface area contributed by atoms with Crippen LogP contribution in [0, 0.1) is 0 Å². The fourth-order valence-corrected chi connectivity index (χ4v) is 2.67. The molecule has 0 unspecified atom stereocenters. The van der Waals surface area contributed by atoms with Crippen LogP contribution in [-0.4, -0.2) is 37.1 Å². The van der Waals surface area contributed by atoms with Gasteiger partial charge >= 0.3 is 0 Å². The number of hydrogen-bond acceptors (Lipinski definition) is 4. The van der Waals surface area contributed by atoms with Gasteiger partial charge in [0.15, 0.2) is 5.69 Å². The minimum atomic E-state index is -0.283. The molecule has 0 saturated heterocycles. The minimum Gasteiger partial charge on any atom is -0.478 e. The van der Waals surface area contributed by atoms with Crippen molar-refractivity contribution in [2.24, 2.45) is 0 Å². The van der Waals surface area contributed by atoms with Crippen molar-refractivity contribution in [3.63, 3.8) is 0 Å². The van der Waals surface area contributed by atoms with Gasteiger partial charge in [-0.15, -0.1) is 0 Å². The summed E-state index contributed by atoms with van der Waals surface area (Å²) < 4.78 is 5.32. The van der Waals surface area contributed by atoms with Crippen molar-refractivity contribution in [2.75, 3.05) is 31.1 Å². The Morgan fingerprint density at radius 2 is 1.96 bits per heavy atom. The smallest absolute Gasteiger partial charge is 0.271 e. The van der Waals surface area contributed by atoms with E-state index in [9.17, 15) is 4.79 Å². The van der Waals surface area contributed by atoms with Gasteiger partial charge < -0.3 is 15.0 Å². The van der Waals surface area contributed by atoms with E-state index in [2.05, 4.69) is 34.3 Å². The second-order valence-corrected chi connectivity index (χ2v) is 5.84. The van der Waals surface area contributed by atoms with Crippen molar-refractivity contribution in [3.05, 3.63) is 53.2 Å². The number of ether oxygens (including phenoxy) is 1. The van der Waals surface area contributed by atoms with Crippen molar-refractivity contribution in [1.82, 2.24) is 10.3 Å². The fraction of sp³-hybridized carbons (Fsp3) is 0.368. The first-order valence-electron chi connectivity index (χ1n) is 8.53. The highest BCUT2D eigenvalue weighted by Crippen LogP contribution is 2.18. The number of halogens is 1. The summed E-state index contributed by atoms with van der Waals surface area (Å²) in [6, 6.07) is 13.5. The third kappa shape index (κ3) is 5.64. The Balaban J connectivity index is 1.85. The highest BCUT2D eigenvalue weighted by Gasteiger charge is 2.13. The molecule has 1 aromatic carbocycles. The summed E-state index contributed by atoms with van der Waals surface area (Å²) >= 11 is 6.07. The SMILES string of the molecule is CCOc1ccc(Cl)c(C(=O)NCCCN(CC)c2ccccc2)n1. The predicted molar refractivity (Wildman–Crippen MR) is 102 cm³/mol. The molecule has 0 fully saturated rings. The van der Waals surface area contributed by atoms with Gasteiger partial charge in [0.25, 0.3) is 5.91 Å². The Hall–Kier alpha value is -2.27. The standard InChI is InChI=1S/C19H24ClN3O2/c1-3-23(15-9-6-5-7-10-15)14-8-13-21-19(24)18-16(20)11-12-17(22-18)25-4-2/h5-7,9-12H,3-4,8,13-14H2,1-2H3,(H,21,24). The fourth-order valence-electron chi connectivity index (χ4n) is 2.48. The number of nitrogens with one attached hydrogen (secondary N) is 1. The molecule has 1 heterocycles. The Bertz CT molecular complexity index is 680. The number of nitrogens with zero attached hydrogens (tertiary/aromatic N) is 2.